The van der Waals surface area contributed by atoms with Gasteiger partial charge in [0.15, 0.2) is 0 Å². The Labute approximate surface area is 160 Å². The van der Waals surface area contributed by atoms with Gasteiger partial charge in [0.05, 0.1) is 4.92 Å². The SMILES string of the molecule is O=[N+]([O-])c1c(NCc2ccccc2)ncnc1Oc1cccc2ccccc12. The van der Waals surface area contributed by atoms with Crippen molar-refractivity contribution in [1.82, 2.24) is 9.97 Å². The lowest BCUT2D eigenvalue weighted by atomic mass is 10.1. The van der Waals surface area contributed by atoms with Crippen LogP contribution in [-0.2, 0) is 6.54 Å². The third kappa shape index (κ3) is 3.59. The zero-order chi connectivity index (χ0) is 19.3. The summed E-state index contributed by atoms with van der Waals surface area (Å²) in [6.07, 6.45) is 1.25. The van der Waals surface area contributed by atoms with Gasteiger partial charge in [-0.2, -0.15) is 4.98 Å². The number of fused-ring (bicyclic) bond motifs is 1. The largest absolute Gasteiger partial charge is 0.433 e. The standard InChI is InChI=1S/C21H16N4O3/c26-25(27)19-20(22-13-15-7-2-1-3-8-15)23-14-24-21(19)28-18-12-6-10-16-9-4-5-11-17(16)18/h1-12,14H,13H2,(H,22,23,24). The monoisotopic (exact) mass is 372 g/mol. The molecular weight excluding hydrogens is 356 g/mol. The third-order valence-electron chi connectivity index (χ3n) is 4.23. The number of ether oxygens (including phenoxy) is 1. The van der Waals surface area contributed by atoms with Gasteiger partial charge >= 0.3 is 11.6 Å². The quantitative estimate of drug-likeness (QED) is 0.381. The first-order chi connectivity index (χ1) is 13.7. The summed E-state index contributed by atoms with van der Waals surface area (Å²) in [5.74, 6) is 0.500. The number of nitro groups is 1. The van der Waals surface area contributed by atoms with E-state index in [9.17, 15) is 10.1 Å². The summed E-state index contributed by atoms with van der Waals surface area (Å²) in [5, 5.41) is 16.5. The molecule has 138 valence electrons. The maximum absolute atomic E-state index is 11.7. The van der Waals surface area contributed by atoms with Crippen LogP contribution in [0.2, 0.25) is 0 Å². The van der Waals surface area contributed by atoms with E-state index < -0.39 is 4.92 Å². The highest BCUT2D eigenvalue weighted by atomic mass is 16.6. The van der Waals surface area contributed by atoms with E-state index in [1.165, 1.54) is 6.33 Å². The number of benzene rings is 3. The molecule has 7 heteroatoms. The minimum atomic E-state index is -0.534. The second-order valence-corrected chi connectivity index (χ2v) is 6.05. The fourth-order valence-corrected chi connectivity index (χ4v) is 2.90. The van der Waals surface area contributed by atoms with E-state index >= 15 is 0 Å². The highest BCUT2D eigenvalue weighted by molar-refractivity contribution is 5.88. The minimum absolute atomic E-state index is 0.105. The predicted molar refractivity (Wildman–Crippen MR) is 106 cm³/mol. The van der Waals surface area contributed by atoms with Gasteiger partial charge in [0.2, 0.25) is 5.82 Å². The Bertz CT molecular complexity index is 1130. The van der Waals surface area contributed by atoms with Crippen molar-refractivity contribution in [2.24, 2.45) is 0 Å². The maximum atomic E-state index is 11.7. The van der Waals surface area contributed by atoms with Crippen LogP contribution in [0.1, 0.15) is 5.56 Å². The molecule has 1 heterocycles. The van der Waals surface area contributed by atoms with Crippen molar-refractivity contribution in [2.75, 3.05) is 5.32 Å². The van der Waals surface area contributed by atoms with Gasteiger partial charge in [0, 0.05) is 11.9 Å². The average molecular weight is 372 g/mol. The van der Waals surface area contributed by atoms with Crippen LogP contribution in [0.5, 0.6) is 11.6 Å². The molecule has 28 heavy (non-hydrogen) atoms. The molecule has 0 radical (unpaired) electrons. The molecule has 7 nitrogen and oxygen atoms in total. The van der Waals surface area contributed by atoms with Crippen LogP contribution >= 0.6 is 0 Å². The van der Waals surface area contributed by atoms with Crippen LogP contribution < -0.4 is 10.1 Å². The first kappa shape index (κ1) is 17.4. The van der Waals surface area contributed by atoms with E-state index in [0.29, 0.717) is 12.3 Å². The summed E-state index contributed by atoms with van der Waals surface area (Å²) >= 11 is 0. The van der Waals surface area contributed by atoms with Crippen LogP contribution in [0.3, 0.4) is 0 Å². The molecule has 0 fully saturated rings. The molecule has 0 amide bonds. The van der Waals surface area contributed by atoms with Gasteiger partial charge in [-0.3, -0.25) is 10.1 Å². The van der Waals surface area contributed by atoms with Gasteiger partial charge in [-0.15, -0.1) is 0 Å². The van der Waals surface area contributed by atoms with Gasteiger partial charge < -0.3 is 10.1 Å². The highest BCUT2D eigenvalue weighted by Gasteiger charge is 2.25. The van der Waals surface area contributed by atoms with Crippen LogP contribution in [0.4, 0.5) is 11.5 Å². The number of nitrogens with one attached hydrogen (secondary N) is 1. The van der Waals surface area contributed by atoms with Gasteiger partial charge in [0.1, 0.15) is 12.1 Å². The van der Waals surface area contributed by atoms with Crippen LogP contribution in [0.15, 0.2) is 79.1 Å². The van der Waals surface area contributed by atoms with E-state index in [-0.39, 0.29) is 17.4 Å². The molecule has 1 aromatic heterocycles. The Hall–Kier alpha value is -4.00. The highest BCUT2D eigenvalue weighted by Crippen LogP contribution is 2.36. The predicted octanol–water partition coefficient (Wildman–Crippen LogP) is 4.94. The molecule has 4 aromatic rings. The number of rotatable bonds is 6. The molecular formula is C21H16N4O3. The van der Waals surface area contributed by atoms with Crippen LogP contribution in [-0.4, -0.2) is 14.9 Å². The number of hydrogen-bond donors (Lipinski definition) is 1. The van der Waals surface area contributed by atoms with E-state index in [0.717, 1.165) is 16.3 Å². The molecule has 0 aliphatic heterocycles. The lowest BCUT2D eigenvalue weighted by Crippen LogP contribution is -2.07. The molecule has 3 aromatic carbocycles. The zero-order valence-corrected chi connectivity index (χ0v) is 14.8. The summed E-state index contributed by atoms with van der Waals surface area (Å²) in [4.78, 5) is 19.2. The topological polar surface area (TPSA) is 90.2 Å². The van der Waals surface area contributed by atoms with Crippen molar-refractivity contribution in [3.05, 3.63) is 94.8 Å². The lowest BCUT2D eigenvalue weighted by Gasteiger charge is -2.11. The van der Waals surface area contributed by atoms with Crippen LogP contribution in [0, 0.1) is 10.1 Å². The summed E-state index contributed by atoms with van der Waals surface area (Å²) in [6.45, 7) is 0.395. The van der Waals surface area contributed by atoms with Crippen molar-refractivity contribution in [3.63, 3.8) is 0 Å². The molecule has 4 rings (SSSR count). The van der Waals surface area contributed by atoms with Gasteiger partial charge in [-0.25, -0.2) is 4.98 Å². The summed E-state index contributed by atoms with van der Waals surface area (Å²) in [7, 11) is 0. The van der Waals surface area contributed by atoms with E-state index in [2.05, 4.69) is 15.3 Å². The minimum Gasteiger partial charge on any atom is -0.433 e. The molecule has 0 saturated carbocycles. The smallest absolute Gasteiger partial charge is 0.373 e. The first-order valence-electron chi connectivity index (χ1n) is 8.65. The Kier molecular flexibility index (Phi) is 4.79. The molecule has 0 aliphatic rings. The zero-order valence-electron chi connectivity index (χ0n) is 14.8. The Morgan fingerprint density at radius 2 is 1.68 bits per heavy atom. The second-order valence-electron chi connectivity index (χ2n) is 6.05. The second kappa shape index (κ2) is 7.71. The summed E-state index contributed by atoms with van der Waals surface area (Å²) < 4.78 is 5.84. The van der Waals surface area contributed by atoms with E-state index in [4.69, 9.17) is 4.74 Å². The van der Waals surface area contributed by atoms with Crippen molar-refractivity contribution < 1.29 is 9.66 Å². The summed E-state index contributed by atoms with van der Waals surface area (Å²) in [5.41, 5.74) is 0.679. The summed E-state index contributed by atoms with van der Waals surface area (Å²) in [6, 6.07) is 22.7. The van der Waals surface area contributed by atoms with Crippen molar-refractivity contribution >= 4 is 22.3 Å². The van der Waals surface area contributed by atoms with Gasteiger partial charge in [0.25, 0.3) is 0 Å². The molecule has 0 bridgehead atoms. The number of aromatic nitrogens is 2. The lowest BCUT2D eigenvalue weighted by molar-refractivity contribution is -0.385. The number of hydrogen-bond acceptors (Lipinski definition) is 6. The average Bonchev–Trinajstić information content (AvgIpc) is 2.73. The van der Waals surface area contributed by atoms with E-state index in [1.54, 1.807) is 6.07 Å². The molecule has 0 atom stereocenters. The van der Waals surface area contributed by atoms with Crippen molar-refractivity contribution in [3.8, 4) is 11.6 Å². The molecule has 0 saturated heterocycles. The van der Waals surface area contributed by atoms with E-state index in [1.807, 2.05) is 66.7 Å². The van der Waals surface area contributed by atoms with Crippen molar-refractivity contribution in [2.45, 2.75) is 6.54 Å². The first-order valence-corrected chi connectivity index (χ1v) is 8.65. The van der Waals surface area contributed by atoms with Crippen molar-refractivity contribution in [1.29, 1.82) is 0 Å². The van der Waals surface area contributed by atoms with Gasteiger partial charge in [-0.1, -0.05) is 66.7 Å². The fourth-order valence-electron chi connectivity index (χ4n) is 2.90. The molecule has 0 spiro atoms. The molecule has 0 unspecified atom stereocenters. The van der Waals surface area contributed by atoms with Gasteiger partial charge in [-0.05, 0) is 17.0 Å². The normalized spacial score (nSPS) is 10.6. The van der Waals surface area contributed by atoms with Crippen LogP contribution in [0.25, 0.3) is 10.8 Å². The maximum Gasteiger partial charge on any atom is 0.373 e. The Morgan fingerprint density at radius 1 is 0.929 bits per heavy atom. The molecule has 0 aliphatic carbocycles. The number of anilines is 1. The fraction of sp³-hybridized carbons (Fsp3) is 0.0476. The molecule has 1 N–H and O–H groups in total. The number of nitrogens with zero attached hydrogens (tertiary/aromatic N) is 3. The Morgan fingerprint density at radius 3 is 2.50 bits per heavy atom. The Balaban J connectivity index is 1.68. The third-order valence-corrected chi connectivity index (χ3v) is 4.23.